The molecule has 1 saturated heterocycles. The summed E-state index contributed by atoms with van der Waals surface area (Å²) in [5.74, 6) is 1.09. The normalized spacial score (nSPS) is 17.6. The molecule has 1 aromatic carbocycles. The van der Waals surface area contributed by atoms with Gasteiger partial charge in [0, 0.05) is 32.1 Å². The molecule has 1 amide bonds. The second kappa shape index (κ2) is 7.46. The van der Waals surface area contributed by atoms with E-state index in [0.717, 1.165) is 38.1 Å². The van der Waals surface area contributed by atoms with E-state index in [2.05, 4.69) is 24.4 Å². The first-order valence-corrected chi connectivity index (χ1v) is 7.73. The third kappa shape index (κ3) is 4.74. The number of methoxy groups -OCH3 is 1. The van der Waals surface area contributed by atoms with Crippen LogP contribution in [0.5, 0.6) is 5.75 Å². The fourth-order valence-corrected chi connectivity index (χ4v) is 2.94. The maximum absolute atomic E-state index is 11.3. The number of piperidine rings is 1. The average Bonchev–Trinajstić information content (AvgIpc) is 2.48. The second-order valence-electron chi connectivity index (χ2n) is 5.90. The van der Waals surface area contributed by atoms with E-state index in [0.29, 0.717) is 12.1 Å². The molecular weight excluding hydrogens is 264 g/mol. The third-order valence-electron chi connectivity index (χ3n) is 4.16. The number of likely N-dealkylation sites (tertiary alicyclic amines) is 1. The maximum Gasteiger partial charge on any atom is 0.219 e. The lowest BCUT2D eigenvalue weighted by atomic mass is 10.0. The molecule has 21 heavy (non-hydrogen) atoms. The van der Waals surface area contributed by atoms with E-state index in [4.69, 9.17) is 4.74 Å². The largest absolute Gasteiger partial charge is 0.497 e. The molecule has 1 aliphatic rings. The molecule has 0 aromatic heterocycles. The molecule has 1 atom stereocenters. The van der Waals surface area contributed by atoms with E-state index in [-0.39, 0.29) is 5.91 Å². The van der Waals surface area contributed by atoms with Crippen molar-refractivity contribution in [2.75, 3.05) is 20.2 Å². The summed E-state index contributed by atoms with van der Waals surface area (Å²) in [5, 5.41) is 3.69. The van der Waals surface area contributed by atoms with Crippen molar-refractivity contribution in [2.24, 2.45) is 0 Å². The highest BCUT2D eigenvalue weighted by Gasteiger charge is 2.21. The van der Waals surface area contributed by atoms with Crippen LogP contribution in [-0.2, 0) is 11.2 Å². The smallest absolute Gasteiger partial charge is 0.219 e. The number of hydrogen-bond donors (Lipinski definition) is 1. The lowest BCUT2D eigenvalue weighted by Crippen LogP contribution is -2.47. The standard InChI is InChI=1S/C17H26N2O2/c1-13(12-15-4-6-17(21-3)7-5-15)18-16-8-10-19(11-9-16)14(2)20/h4-7,13,16,18H,8-12H2,1-3H3. The van der Waals surface area contributed by atoms with Crippen molar-refractivity contribution in [3.05, 3.63) is 29.8 Å². The molecule has 1 heterocycles. The Labute approximate surface area is 127 Å². The van der Waals surface area contributed by atoms with Crippen LogP contribution >= 0.6 is 0 Å². The van der Waals surface area contributed by atoms with Gasteiger partial charge in [0.25, 0.3) is 0 Å². The van der Waals surface area contributed by atoms with Crippen molar-refractivity contribution in [2.45, 2.75) is 45.2 Å². The summed E-state index contributed by atoms with van der Waals surface area (Å²) < 4.78 is 5.18. The highest BCUT2D eigenvalue weighted by molar-refractivity contribution is 5.73. The molecule has 2 rings (SSSR count). The SMILES string of the molecule is COc1ccc(CC(C)NC2CCN(C(C)=O)CC2)cc1. The van der Waals surface area contributed by atoms with Gasteiger partial charge in [0.1, 0.15) is 5.75 Å². The molecule has 1 aliphatic heterocycles. The molecular formula is C17H26N2O2. The van der Waals surface area contributed by atoms with Gasteiger partial charge in [-0.25, -0.2) is 0 Å². The van der Waals surface area contributed by atoms with Gasteiger partial charge >= 0.3 is 0 Å². The van der Waals surface area contributed by atoms with Crippen LogP contribution in [-0.4, -0.2) is 43.1 Å². The number of carbonyl (C=O) groups excluding carboxylic acids is 1. The van der Waals surface area contributed by atoms with Crippen molar-refractivity contribution in [1.82, 2.24) is 10.2 Å². The molecule has 1 aromatic rings. The van der Waals surface area contributed by atoms with Gasteiger partial charge < -0.3 is 15.0 Å². The minimum Gasteiger partial charge on any atom is -0.497 e. The summed E-state index contributed by atoms with van der Waals surface area (Å²) in [5.41, 5.74) is 1.32. The van der Waals surface area contributed by atoms with Gasteiger partial charge in [0.15, 0.2) is 0 Å². The number of amides is 1. The minimum atomic E-state index is 0.194. The number of ether oxygens (including phenoxy) is 1. The molecule has 4 heteroatoms. The van der Waals surface area contributed by atoms with E-state index in [1.54, 1.807) is 14.0 Å². The molecule has 0 spiro atoms. The number of hydrogen-bond acceptors (Lipinski definition) is 3. The van der Waals surface area contributed by atoms with Gasteiger partial charge in [-0.3, -0.25) is 4.79 Å². The quantitative estimate of drug-likeness (QED) is 0.904. The van der Waals surface area contributed by atoms with Crippen LogP contribution in [0.3, 0.4) is 0 Å². The molecule has 1 unspecified atom stereocenters. The number of nitrogens with zero attached hydrogens (tertiary/aromatic N) is 1. The predicted molar refractivity (Wildman–Crippen MR) is 84.6 cm³/mol. The fraction of sp³-hybridized carbons (Fsp3) is 0.588. The van der Waals surface area contributed by atoms with Crippen molar-refractivity contribution in [3.8, 4) is 5.75 Å². The van der Waals surface area contributed by atoms with E-state index in [1.165, 1.54) is 5.56 Å². The number of carbonyl (C=O) groups is 1. The summed E-state index contributed by atoms with van der Waals surface area (Å²) in [6.45, 7) is 5.63. The summed E-state index contributed by atoms with van der Waals surface area (Å²) >= 11 is 0. The van der Waals surface area contributed by atoms with Gasteiger partial charge in [0.2, 0.25) is 5.91 Å². The van der Waals surface area contributed by atoms with Gasteiger partial charge in [-0.05, 0) is 43.9 Å². The molecule has 0 aliphatic carbocycles. The Kier molecular flexibility index (Phi) is 5.62. The summed E-state index contributed by atoms with van der Waals surface area (Å²) in [6.07, 6.45) is 3.11. The summed E-state index contributed by atoms with van der Waals surface area (Å²) in [6, 6.07) is 9.21. The van der Waals surface area contributed by atoms with E-state index < -0.39 is 0 Å². The molecule has 1 fully saturated rings. The Hall–Kier alpha value is -1.55. The van der Waals surface area contributed by atoms with Crippen LogP contribution in [0.2, 0.25) is 0 Å². The highest BCUT2D eigenvalue weighted by atomic mass is 16.5. The molecule has 1 N–H and O–H groups in total. The maximum atomic E-state index is 11.3. The van der Waals surface area contributed by atoms with Crippen LogP contribution < -0.4 is 10.1 Å². The van der Waals surface area contributed by atoms with Gasteiger partial charge in [0.05, 0.1) is 7.11 Å². The summed E-state index contributed by atoms with van der Waals surface area (Å²) in [7, 11) is 1.69. The summed E-state index contributed by atoms with van der Waals surface area (Å²) in [4.78, 5) is 13.3. The van der Waals surface area contributed by atoms with Crippen LogP contribution in [0.15, 0.2) is 24.3 Å². The van der Waals surface area contributed by atoms with Gasteiger partial charge in [-0.2, -0.15) is 0 Å². The Morgan fingerprint density at radius 3 is 2.48 bits per heavy atom. The fourth-order valence-electron chi connectivity index (χ4n) is 2.94. The Balaban J connectivity index is 1.76. The van der Waals surface area contributed by atoms with Crippen molar-refractivity contribution in [3.63, 3.8) is 0 Å². The first kappa shape index (κ1) is 15.8. The number of nitrogens with one attached hydrogen (secondary N) is 1. The van der Waals surface area contributed by atoms with Gasteiger partial charge in [-0.1, -0.05) is 12.1 Å². The van der Waals surface area contributed by atoms with Crippen molar-refractivity contribution in [1.29, 1.82) is 0 Å². The van der Waals surface area contributed by atoms with E-state index >= 15 is 0 Å². The topological polar surface area (TPSA) is 41.6 Å². The first-order chi connectivity index (χ1) is 10.1. The predicted octanol–water partition coefficient (Wildman–Crippen LogP) is 2.23. The van der Waals surface area contributed by atoms with Crippen LogP contribution in [0.1, 0.15) is 32.3 Å². The van der Waals surface area contributed by atoms with Crippen molar-refractivity contribution >= 4 is 5.91 Å². The number of benzene rings is 1. The molecule has 116 valence electrons. The zero-order valence-electron chi connectivity index (χ0n) is 13.3. The molecule has 0 radical (unpaired) electrons. The molecule has 0 saturated carbocycles. The zero-order chi connectivity index (χ0) is 15.2. The zero-order valence-corrected chi connectivity index (χ0v) is 13.3. The Bertz CT molecular complexity index is 450. The van der Waals surface area contributed by atoms with Gasteiger partial charge in [-0.15, -0.1) is 0 Å². The lowest BCUT2D eigenvalue weighted by Gasteiger charge is -2.33. The minimum absolute atomic E-state index is 0.194. The van der Waals surface area contributed by atoms with Crippen molar-refractivity contribution < 1.29 is 9.53 Å². The van der Waals surface area contributed by atoms with E-state index in [1.807, 2.05) is 17.0 Å². The van der Waals surface area contributed by atoms with Crippen LogP contribution in [0.4, 0.5) is 0 Å². The van der Waals surface area contributed by atoms with Crippen LogP contribution in [0.25, 0.3) is 0 Å². The third-order valence-corrected chi connectivity index (χ3v) is 4.16. The lowest BCUT2D eigenvalue weighted by molar-refractivity contribution is -0.129. The highest BCUT2D eigenvalue weighted by Crippen LogP contribution is 2.15. The average molecular weight is 290 g/mol. The second-order valence-corrected chi connectivity index (χ2v) is 5.90. The Morgan fingerprint density at radius 2 is 1.95 bits per heavy atom. The Morgan fingerprint density at radius 1 is 1.33 bits per heavy atom. The number of rotatable bonds is 5. The first-order valence-electron chi connectivity index (χ1n) is 7.73. The molecule has 4 nitrogen and oxygen atoms in total. The molecule has 0 bridgehead atoms. The van der Waals surface area contributed by atoms with E-state index in [9.17, 15) is 4.79 Å². The van der Waals surface area contributed by atoms with Crippen LogP contribution in [0, 0.1) is 0 Å². The monoisotopic (exact) mass is 290 g/mol.